The van der Waals surface area contributed by atoms with E-state index < -0.39 is 49.7 Å². The molecule has 0 aliphatic rings. The van der Waals surface area contributed by atoms with Crippen molar-refractivity contribution in [2.75, 3.05) is 12.4 Å². The number of ether oxygens (including phenoxy) is 3. The van der Waals surface area contributed by atoms with Crippen LogP contribution in [0, 0.1) is 0 Å². The summed E-state index contributed by atoms with van der Waals surface area (Å²) in [7, 11) is 0. The first-order valence-electron chi connectivity index (χ1n) is 10.3. The van der Waals surface area contributed by atoms with Gasteiger partial charge in [-0.05, 0) is 36.4 Å². The van der Waals surface area contributed by atoms with Crippen LogP contribution in [0.5, 0.6) is 0 Å². The van der Waals surface area contributed by atoms with Crippen molar-refractivity contribution in [3.05, 3.63) is 61.4 Å². The van der Waals surface area contributed by atoms with Crippen LogP contribution in [0.2, 0.25) is 0 Å². The quantitative estimate of drug-likeness (QED) is 0.0778. The molecular formula is C23H19F6NO5S. The molecule has 6 nitrogen and oxygen atoms in total. The van der Waals surface area contributed by atoms with Gasteiger partial charge in [0, 0.05) is 46.5 Å². The maximum absolute atomic E-state index is 13.9. The Hall–Kier alpha value is -3.03. The predicted octanol–water partition coefficient (Wildman–Crippen LogP) is 6.87. The van der Waals surface area contributed by atoms with Crippen LogP contribution in [-0.4, -0.2) is 41.8 Å². The minimum atomic E-state index is -5.31. The Morgan fingerprint density at radius 1 is 1.06 bits per heavy atom. The van der Waals surface area contributed by atoms with Crippen LogP contribution in [0.15, 0.2) is 70.8 Å². The second-order valence-electron chi connectivity index (χ2n) is 7.21. The summed E-state index contributed by atoms with van der Waals surface area (Å²) in [5.74, 6) is -0.908. The number of carbonyl (C=O) groups is 1. The minimum absolute atomic E-state index is 0.390. The molecular weight excluding hydrogens is 516 g/mol. The highest BCUT2D eigenvalue weighted by Crippen LogP contribution is 2.37. The summed E-state index contributed by atoms with van der Waals surface area (Å²) in [5.41, 5.74) is 1.22. The third-order valence-corrected chi connectivity index (χ3v) is 5.44. The van der Waals surface area contributed by atoms with Crippen LogP contribution < -0.4 is 0 Å². The van der Waals surface area contributed by atoms with E-state index in [0.717, 1.165) is 22.7 Å². The second-order valence-corrected chi connectivity index (χ2v) is 8.38. The first-order valence-corrected chi connectivity index (χ1v) is 11.3. The van der Waals surface area contributed by atoms with Crippen molar-refractivity contribution in [3.63, 3.8) is 0 Å². The fraction of sp³-hybridized carbons (Fsp3) is 0.304. The Kier molecular flexibility index (Phi) is 8.69. The molecule has 194 valence electrons. The average Bonchev–Trinajstić information content (AvgIpc) is 3.21. The third-order valence-electron chi connectivity index (χ3n) is 4.44. The van der Waals surface area contributed by atoms with Gasteiger partial charge in [-0.1, -0.05) is 6.58 Å². The van der Waals surface area contributed by atoms with E-state index in [2.05, 4.69) is 25.8 Å². The van der Waals surface area contributed by atoms with Gasteiger partial charge in [0.25, 0.3) is 0 Å². The number of aromatic nitrogens is 1. The second kappa shape index (κ2) is 11.4. The van der Waals surface area contributed by atoms with Crippen molar-refractivity contribution < 1.29 is 49.8 Å². The Balaban J connectivity index is 1.52. The monoisotopic (exact) mass is 535 g/mol. The number of hydrogen-bond donors (Lipinski definition) is 0. The summed E-state index contributed by atoms with van der Waals surface area (Å²) >= 11 is 0.900. The SMILES string of the molecule is C=CC(=O)OCCC(F)(F)OC(F)(F)OC(F)(F)CCSc1ccc2cc(-c3cccnc3)oc2c1. The van der Waals surface area contributed by atoms with Crippen LogP contribution in [0.1, 0.15) is 12.8 Å². The first kappa shape index (κ1) is 27.6. The summed E-state index contributed by atoms with van der Waals surface area (Å²) in [6, 6.07) is 10.2. The molecule has 2 aromatic heterocycles. The van der Waals surface area contributed by atoms with E-state index in [4.69, 9.17) is 4.42 Å². The fourth-order valence-corrected chi connectivity index (χ4v) is 3.77. The number of rotatable bonds is 13. The van der Waals surface area contributed by atoms with Gasteiger partial charge in [0.1, 0.15) is 11.3 Å². The number of benzene rings is 1. The number of thioether (sulfide) groups is 1. The Morgan fingerprint density at radius 3 is 2.44 bits per heavy atom. The largest absolute Gasteiger partial charge is 0.494 e. The Labute approximate surface area is 205 Å². The molecule has 0 saturated carbocycles. The molecule has 0 radical (unpaired) electrons. The first-order chi connectivity index (χ1) is 16.9. The van der Waals surface area contributed by atoms with Crippen LogP contribution in [-0.2, 0) is 19.0 Å². The van der Waals surface area contributed by atoms with E-state index in [1.54, 1.807) is 48.8 Å². The van der Waals surface area contributed by atoms with E-state index >= 15 is 0 Å². The van der Waals surface area contributed by atoms with Crippen LogP contribution >= 0.6 is 11.8 Å². The number of hydrogen-bond acceptors (Lipinski definition) is 7. The summed E-state index contributed by atoms with van der Waals surface area (Å²) in [6.45, 7) is 2.01. The highest BCUT2D eigenvalue weighted by atomic mass is 32.2. The van der Waals surface area contributed by atoms with E-state index in [1.165, 1.54) is 0 Å². The molecule has 0 bridgehead atoms. The van der Waals surface area contributed by atoms with Gasteiger partial charge in [-0.2, -0.15) is 17.6 Å². The molecule has 0 spiro atoms. The zero-order chi connectivity index (χ0) is 26.4. The summed E-state index contributed by atoms with van der Waals surface area (Å²) in [5, 5.41) is 0.754. The molecule has 1 aromatic carbocycles. The van der Waals surface area contributed by atoms with Gasteiger partial charge in [-0.15, -0.1) is 20.5 Å². The molecule has 13 heteroatoms. The third kappa shape index (κ3) is 8.28. The highest BCUT2D eigenvalue weighted by Gasteiger charge is 2.51. The minimum Gasteiger partial charge on any atom is -0.462 e. The lowest BCUT2D eigenvalue weighted by atomic mass is 10.2. The molecule has 2 heterocycles. The van der Waals surface area contributed by atoms with Gasteiger partial charge < -0.3 is 9.15 Å². The van der Waals surface area contributed by atoms with Crippen molar-refractivity contribution in [1.82, 2.24) is 4.98 Å². The van der Waals surface area contributed by atoms with Crippen molar-refractivity contribution in [1.29, 1.82) is 0 Å². The average molecular weight is 535 g/mol. The molecule has 36 heavy (non-hydrogen) atoms. The zero-order valence-electron chi connectivity index (χ0n) is 18.4. The fourth-order valence-electron chi connectivity index (χ4n) is 2.84. The molecule has 0 unspecified atom stereocenters. The van der Waals surface area contributed by atoms with E-state index in [1.807, 2.05) is 0 Å². The topological polar surface area (TPSA) is 70.8 Å². The molecule has 3 aromatic rings. The predicted molar refractivity (Wildman–Crippen MR) is 118 cm³/mol. The number of pyridine rings is 1. The molecule has 0 aliphatic carbocycles. The lowest BCUT2D eigenvalue weighted by molar-refractivity contribution is -0.514. The maximum atomic E-state index is 13.9. The summed E-state index contributed by atoms with van der Waals surface area (Å²) in [6.07, 6.45) is -13.2. The number of alkyl halides is 6. The lowest BCUT2D eigenvalue weighted by Gasteiger charge is -2.26. The number of furan rings is 1. The Bertz CT molecular complexity index is 1190. The molecule has 3 rings (SSSR count). The van der Waals surface area contributed by atoms with Gasteiger partial charge in [-0.3, -0.25) is 4.98 Å². The molecule has 0 fully saturated rings. The molecule has 0 amide bonds. The number of halogens is 6. The van der Waals surface area contributed by atoms with Crippen molar-refractivity contribution in [3.8, 4) is 11.3 Å². The summed E-state index contributed by atoms with van der Waals surface area (Å²) in [4.78, 5) is 15.3. The van der Waals surface area contributed by atoms with Gasteiger partial charge in [0.15, 0.2) is 0 Å². The number of esters is 1. The molecule has 0 saturated heterocycles. The van der Waals surface area contributed by atoms with Crippen LogP contribution in [0.25, 0.3) is 22.3 Å². The highest BCUT2D eigenvalue weighted by molar-refractivity contribution is 7.99. The van der Waals surface area contributed by atoms with Gasteiger partial charge in [0.2, 0.25) is 0 Å². The van der Waals surface area contributed by atoms with Crippen LogP contribution in [0.4, 0.5) is 26.3 Å². The van der Waals surface area contributed by atoms with Crippen LogP contribution in [0.3, 0.4) is 0 Å². The molecule has 0 aliphatic heterocycles. The molecule has 0 N–H and O–H groups in total. The number of carbonyl (C=O) groups excluding carboxylic acids is 1. The normalized spacial score (nSPS) is 12.6. The van der Waals surface area contributed by atoms with Gasteiger partial charge in [-0.25, -0.2) is 14.3 Å². The van der Waals surface area contributed by atoms with Gasteiger partial charge >= 0.3 is 24.5 Å². The van der Waals surface area contributed by atoms with E-state index in [9.17, 15) is 31.1 Å². The lowest BCUT2D eigenvalue weighted by Crippen LogP contribution is -2.41. The molecule has 0 atom stereocenters. The standard InChI is InChI=1S/C23H19F6NO5S/c1-2-20(31)32-10-7-21(24,25)34-23(28,29)35-22(26,27)8-11-36-17-6-5-15-12-18(33-19(15)13-17)16-4-3-9-30-14-16/h2-6,9,12-14H,1,7-8,10-11H2. The summed E-state index contributed by atoms with van der Waals surface area (Å²) < 4.78 is 98.3. The number of fused-ring (bicyclic) bond motifs is 1. The number of nitrogens with zero attached hydrogens (tertiary/aromatic N) is 1. The smallest absolute Gasteiger partial charge is 0.462 e. The zero-order valence-corrected chi connectivity index (χ0v) is 19.2. The van der Waals surface area contributed by atoms with Crippen molar-refractivity contribution >= 4 is 28.7 Å². The van der Waals surface area contributed by atoms with E-state index in [0.29, 0.717) is 22.3 Å². The van der Waals surface area contributed by atoms with E-state index in [-0.39, 0.29) is 0 Å². The van der Waals surface area contributed by atoms with Gasteiger partial charge in [0.05, 0.1) is 13.0 Å². The van der Waals surface area contributed by atoms with Crippen molar-refractivity contribution in [2.24, 2.45) is 0 Å². The van der Waals surface area contributed by atoms with Crippen molar-refractivity contribution in [2.45, 2.75) is 36.2 Å². The Morgan fingerprint density at radius 2 is 1.78 bits per heavy atom. The maximum Gasteiger partial charge on any atom is 0.494 e.